The molecule has 18 heavy (non-hydrogen) atoms. The second kappa shape index (κ2) is 5.57. The standard InChI is InChI=1S/C14H25NO3/c1-9-4-5-12(14(16)17)13(6-9)15-7-10(2)18-11(3)8-15/h9-13H,4-8H2,1-3H3,(H,16,17). The third kappa shape index (κ3) is 3.04. The molecule has 2 aliphatic rings. The molecule has 1 saturated heterocycles. The summed E-state index contributed by atoms with van der Waals surface area (Å²) in [5, 5.41) is 9.40. The number of ether oxygens (including phenoxy) is 1. The minimum absolute atomic E-state index is 0.194. The van der Waals surface area contributed by atoms with Crippen LogP contribution in [0.4, 0.5) is 0 Å². The molecule has 2 rings (SSSR count). The van der Waals surface area contributed by atoms with Crippen molar-refractivity contribution in [3.63, 3.8) is 0 Å². The van der Waals surface area contributed by atoms with E-state index < -0.39 is 5.97 Å². The van der Waals surface area contributed by atoms with Crippen LogP contribution < -0.4 is 0 Å². The second-order valence-corrected chi connectivity index (χ2v) is 6.14. The topological polar surface area (TPSA) is 49.8 Å². The van der Waals surface area contributed by atoms with Crippen LogP contribution in [0.25, 0.3) is 0 Å². The van der Waals surface area contributed by atoms with Gasteiger partial charge in [-0.05, 0) is 39.0 Å². The van der Waals surface area contributed by atoms with Crippen LogP contribution in [0.15, 0.2) is 0 Å². The van der Waals surface area contributed by atoms with E-state index in [1.807, 2.05) is 0 Å². The molecule has 0 amide bonds. The number of nitrogens with zero attached hydrogens (tertiary/aromatic N) is 1. The van der Waals surface area contributed by atoms with Crippen molar-refractivity contribution in [2.45, 2.75) is 58.3 Å². The van der Waals surface area contributed by atoms with Crippen molar-refractivity contribution in [3.05, 3.63) is 0 Å². The third-order valence-electron chi connectivity index (χ3n) is 4.31. The fraction of sp³-hybridized carbons (Fsp3) is 0.929. The Balaban J connectivity index is 2.09. The van der Waals surface area contributed by atoms with Crippen LogP contribution in [-0.4, -0.2) is 47.3 Å². The van der Waals surface area contributed by atoms with Gasteiger partial charge in [-0.15, -0.1) is 0 Å². The highest BCUT2D eigenvalue weighted by Gasteiger charge is 2.39. The van der Waals surface area contributed by atoms with Gasteiger partial charge in [0, 0.05) is 19.1 Å². The molecule has 1 heterocycles. The lowest BCUT2D eigenvalue weighted by molar-refractivity contribution is -0.150. The summed E-state index contributed by atoms with van der Waals surface area (Å²) in [5.74, 6) is -0.184. The zero-order valence-corrected chi connectivity index (χ0v) is 11.6. The minimum atomic E-state index is -0.626. The van der Waals surface area contributed by atoms with Gasteiger partial charge in [-0.2, -0.15) is 0 Å². The first-order valence-electron chi connectivity index (χ1n) is 7.09. The van der Waals surface area contributed by atoms with Crippen molar-refractivity contribution in [1.29, 1.82) is 0 Å². The van der Waals surface area contributed by atoms with Gasteiger partial charge >= 0.3 is 5.97 Å². The molecule has 5 unspecified atom stereocenters. The van der Waals surface area contributed by atoms with E-state index in [9.17, 15) is 9.90 Å². The lowest BCUT2D eigenvalue weighted by atomic mass is 9.78. The summed E-state index contributed by atoms with van der Waals surface area (Å²) in [6.45, 7) is 8.12. The average molecular weight is 255 g/mol. The van der Waals surface area contributed by atoms with Gasteiger partial charge in [0.25, 0.3) is 0 Å². The zero-order chi connectivity index (χ0) is 13.3. The molecule has 1 aliphatic carbocycles. The van der Waals surface area contributed by atoms with Crippen molar-refractivity contribution in [2.75, 3.05) is 13.1 Å². The number of aliphatic carboxylic acids is 1. The first-order chi connectivity index (χ1) is 8.47. The molecule has 0 radical (unpaired) electrons. The molecule has 104 valence electrons. The maximum Gasteiger partial charge on any atom is 0.308 e. The highest BCUT2D eigenvalue weighted by molar-refractivity contribution is 5.71. The predicted molar refractivity (Wildman–Crippen MR) is 69.5 cm³/mol. The Morgan fingerprint density at radius 1 is 1.17 bits per heavy atom. The van der Waals surface area contributed by atoms with Gasteiger partial charge in [0.1, 0.15) is 0 Å². The highest BCUT2D eigenvalue weighted by atomic mass is 16.5. The van der Waals surface area contributed by atoms with E-state index >= 15 is 0 Å². The summed E-state index contributed by atoms with van der Waals surface area (Å²) < 4.78 is 5.74. The van der Waals surface area contributed by atoms with Gasteiger partial charge in [0.2, 0.25) is 0 Å². The Morgan fingerprint density at radius 2 is 1.78 bits per heavy atom. The normalized spacial score (nSPS) is 42.7. The molecule has 4 heteroatoms. The number of carbonyl (C=O) groups is 1. The van der Waals surface area contributed by atoms with Gasteiger partial charge in [-0.3, -0.25) is 9.69 Å². The number of hydrogen-bond donors (Lipinski definition) is 1. The molecular weight excluding hydrogens is 230 g/mol. The monoisotopic (exact) mass is 255 g/mol. The molecule has 5 atom stereocenters. The first kappa shape index (κ1) is 13.8. The van der Waals surface area contributed by atoms with E-state index in [1.54, 1.807) is 0 Å². The molecule has 0 aromatic rings. The lowest BCUT2D eigenvalue weighted by Crippen LogP contribution is -2.55. The SMILES string of the molecule is CC1CCC(C(=O)O)C(N2CC(C)OC(C)C2)C1. The van der Waals surface area contributed by atoms with E-state index in [-0.39, 0.29) is 24.2 Å². The van der Waals surface area contributed by atoms with Gasteiger partial charge < -0.3 is 9.84 Å². The quantitative estimate of drug-likeness (QED) is 0.820. The summed E-state index contributed by atoms with van der Waals surface area (Å²) in [5.41, 5.74) is 0. The van der Waals surface area contributed by atoms with E-state index in [0.29, 0.717) is 5.92 Å². The van der Waals surface area contributed by atoms with Crippen LogP contribution in [0.1, 0.15) is 40.0 Å². The molecule has 4 nitrogen and oxygen atoms in total. The Kier molecular flexibility index (Phi) is 4.28. The van der Waals surface area contributed by atoms with Crippen LogP contribution in [-0.2, 0) is 9.53 Å². The molecule has 1 saturated carbocycles. The predicted octanol–water partition coefficient (Wildman–Crippen LogP) is 1.98. The van der Waals surface area contributed by atoms with Crippen molar-refractivity contribution >= 4 is 5.97 Å². The van der Waals surface area contributed by atoms with Gasteiger partial charge in [0.05, 0.1) is 18.1 Å². The van der Waals surface area contributed by atoms with Crippen molar-refractivity contribution in [1.82, 2.24) is 4.90 Å². The molecular formula is C14H25NO3. The Morgan fingerprint density at radius 3 is 2.33 bits per heavy atom. The molecule has 0 bridgehead atoms. The van der Waals surface area contributed by atoms with E-state index in [2.05, 4.69) is 25.7 Å². The Bertz CT molecular complexity index is 297. The highest BCUT2D eigenvalue weighted by Crippen LogP contribution is 2.33. The maximum absolute atomic E-state index is 11.4. The van der Waals surface area contributed by atoms with Gasteiger partial charge in [-0.25, -0.2) is 0 Å². The third-order valence-corrected chi connectivity index (χ3v) is 4.31. The van der Waals surface area contributed by atoms with E-state index in [4.69, 9.17) is 4.74 Å². The number of carboxylic acid groups (broad SMARTS) is 1. The van der Waals surface area contributed by atoms with E-state index in [0.717, 1.165) is 32.4 Å². The molecule has 0 aromatic heterocycles. The summed E-state index contributed by atoms with van der Waals surface area (Å²) in [7, 11) is 0. The van der Waals surface area contributed by atoms with Crippen LogP contribution in [0.2, 0.25) is 0 Å². The fourth-order valence-corrected chi connectivity index (χ4v) is 3.53. The van der Waals surface area contributed by atoms with Crippen LogP contribution >= 0.6 is 0 Å². The van der Waals surface area contributed by atoms with Crippen LogP contribution in [0.3, 0.4) is 0 Å². The first-order valence-corrected chi connectivity index (χ1v) is 7.09. The van der Waals surface area contributed by atoms with Crippen molar-refractivity contribution in [2.24, 2.45) is 11.8 Å². The minimum Gasteiger partial charge on any atom is -0.481 e. The molecule has 0 aromatic carbocycles. The Labute approximate surface area is 109 Å². The molecule has 0 spiro atoms. The largest absolute Gasteiger partial charge is 0.481 e. The summed E-state index contributed by atoms with van der Waals surface area (Å²) in [6.07, 6.45) is 3.29. The van der Waals surface area contributed by atoms with Crippen molar-refractivity contribution in [3.8, 4) is 0 Å². The van der Waals surface area contributed by atoms with Crippen LogP contribution in [0, 0.1) is 11.8 Å². The molecule has 1 aliphatic heterocycles. The fourth-order valence-electron chi connectivity index (χ4n) is 3.53. The second-order valence-electron chi connectivity index (χ2n) is 6.14. The lowest BCUT2D eigenvalue weighted by Gasteiger charge is -2.45. The molecule has 1 N–H and O–H groups in total. The number of carboxylic acids is 1. The van der Waals surface area contributed by atoms with Gasteiger partial charge in [0.15, 0.2) is 0 Å². The summed E-state index contributed by atoms with van der Waals surface area (Å²) in [4.78, 5) is 13.8. The zero-order valence-electron chi connectivity index (χ0n) is 11.6. The van der Waals surface area contributed by atoms with Crippen LogP contribution in [0.5, 0.6) is 0 Å². The van der Waals surface area contributed by atoms with E-state index in [1.165, 1.54) is 0 Å². The summed E-state index contributed by atoms with van der Waals surface area (Å²) in [6, 6.07) is 0.194. The maximum atomic E-state index is 11.4. The van der Waals surface area contributed by atoms with Crippen molar-refractivity contribution < 1.29 is 14.6 Å². The number of rotatable bonds is 2. The smallest absolute Gasteiger partial charge is 0.308 e. The summed E-state index contributed by atoms with van der Waals surface area (Å²) >= 11 is 0. The number of hydrogen-bond acceptors (Lipinski definition) is 3. The molecule has 2 fully saturated rings. The number of morpholine rings is 1. The van der Waals surface area contributed by atoms with Gasteiger partial charge in [-0.1, -0.05) is 6.92 Å². The average Bonchev–Trinajstić information content (AvgIpc) is 2.27. The Hall–Kier alpha value is -0.610.